The summed E-state index contributed by atoms with van der Waals surface area (Å²) in [5.41, 5.74) is 16.7. The number of rotatable bonds is 3. The fraction of sp³-hybridized carbons (Fsp3) is 0.455. The number of hydrogen-bond donors (Lipinski definition) is 3. The Bertz CT molecular complexity index is 519. The van der Waals surface area contributed by atoms with Gasteiger partial charge in [0, 0.05) is 26.2 Å². The maximum Gasteiger partial charge on any atom is 0.260 e. The highest BCUT2D eigenvalue weighted by Gasteiger charge is 2.27. The van der Waals surface area contributed by atoms with Gasteiger partial charge in [-0.25, -0.2) is 0 Å². The molecule has 1 aromatic heterocycles. The molecule has 1 aromatic rings. The third kappa shape index (κ3) is 2.49. The molecule has 19 heavy (non-hydrogen) atoms. The van der Waals surface area contributed by atoms with E-state index >= 15 is 0 Å². The Morgan fingerprint density at radius 2 is 1.68 bits per heavy atom. The number of anilines is 2. The number of thiophene rings is 1. The molecule has 104 valence electrons. The summed E-state index contributed by atoms with van der Waals surface area (Å²) in [6.45, 7) is 3.27. The smallest absolute Gasteiger partial charge is 0.260 e. The van der Waals surface area contributed by atoms with Gasteiger partial charge in [-0.3, -0.25) is 9.59 Å². The van der Waals surface area contributed by atoms with Crippen LogP contribution in [0.5, 0.6) is 0 Å². The zero-order valence-corrected chi connectivity index (χ0v) is 11.5. The fourth-order valence-electron chi connectivity index (χ4n) is 2.08. The van der Waals surface area contributed by atoms with Gasteiger partial charge in [0.05, 0.1) is 11.3 Å². The van der Waals surface area contributed by atoms with E-state index < -0.39 is 11.8 Å². The molecule has 1 aliphatic heterocycles. The van der Waals surface area contributed by atoms with Crippen molar-refractivity contribution < 1.29 is 9.59 Å². The Hall–Kier alpha value is -1.80. The molecular weight excluding hydrogens is 266 g/mol. The molecule has 8 heteroatoms. The number of carbonyl (C=O) groups excluding carboxylic acids is 2. The van der Waals surface area contributed by atoms with Crippen LogP contribution < -0.4 is 22.1 Å². The van der Waals surface area contributed by atoms with Gasteiger partial charge in [-0.15, -0.1) is 11.3 Å². The average Bonchev–Trinajstić information content (AvgIpc) is 2.68. The minimum absolute atomic E-state index is 0.0962. The zero-order valence-electron chi connectivity index (χ0n) is 10.7. The number of amides is 2. The van der Waals surface area contributed by atoms with Crippen LogP contribution in [0.1, 0.15) is 20.0 Å². The third-order valence-corrected chi connectivity index (χ3v) is 4.47. The van der Waals surface area contributed by atoms with Gasteiger partial charge < -0.3 is 27.0 Å². The second-order valence-electron chi connectivity index (χ2n) is 4.54. The lowest BCUT2D eigenvalue weighted by molar-refractivity contribution is 0.0999. The predicted octanol–water partition coefficient (Wildman–Crippen LogP) is -0.720. The molecule has 0 bridgehead atoms. The maximum absolute atomic E-state index is 11.5. The van der Waals surface area contributed by atoms with E-state index in [1.54, 1.807) is 0 Å². The number of nitrogen functional groups attached to an aromatic ring is 1. The summed E-state index contributed by atoms with van der Waals surface area (Å²) in [6, 6.07) is 0. The Morgan fingerprint density at radius 1 is 1.11 bits per heavy atom. The molecular formula is C11H17N5O2S. The van der Waals surface area contributed by atoms with Crippen LogP contribution in [-0.4, -0.2) is 49.9 Å². The molecule has 0 unspecified atom stereocenters. The SMILES string of the molecule is CN1CCN(c2sc(C(N)=O)c(N)c2C(N)=O)CC1. The molecule has 0 aliphatic carbocycles. The Morgan fingerprint density at radius 3 is 2.16 bits per heavy atom. The van der Waals surface area contributed by atoms with Gasteiger partial charge in [0.15, 0.2) is 0 Å². The molecule has 1 saturated heterocycles. The first-order valence-corrected chi connectivity index (χ1v) is 6.68. The van der Waals surface area contributed by atoms with E-state index in [-0.39, 0.29) is 16.1 Å². The fourth-order valence-corrected chi connectivity index (χ4v) is 3.22. The van der Waals surface area contributed by atoms with Crippen molar-refractivity contribution in [2.45, 2.75) is 0 Å². The summed E-state index contributed by atoms with van der Waals surface area (Å²) in [5.74, 6) is -1.26. The first-order chi connectivity index (χ1) is 8.91. The molecule has 0 atom stereocenters. The van der Waals surface area contributed by atoms with Crippen LogP contribution in [0, 0.1) is 0 Å². The van der Waals surface area contributed by atoms with Gasteiger partial charge in [0.2, 0.25) is 0 Å². The lowest BCUT2D eigenvalue weighted by Crippen LogP contribution is -2.44. The molecule has 2 heterocycles. The molecule has 7 nitrogen and oxygen atoms in total. The predicted molar refractivity (Wildman–Crippen MR) is 75.5 cm³/mol. The molecule has 6 N–H and O–H groups in total. The van der Waals surface area contributed by atoms with Crippen LogP contribution in [0.3, 0.4) is 0 Å². The van der Waals surface area contributed by atoms with Crippen LogP contribution >= 0.6 is 11.3 Å². The van der Waals surface area contributed by atoms with Crippen molar-refractivity contribution in [3.63, 3.8) is 0 Å². The number of likely N-dealkylation sites (N-methyl/N-ethyl adjacent to an activating group) is 1. The van der Waals surface area contributed by atoms with Crippen molar-refractivity contribution in [3.8, 4) is 0 Å². The summed E-state index contributed by atoms with van der Waals surface area (Å²) in [5, 5.41) is 0.645. The van der Waals surface area contributed by atoms with Gasteiger partial charge in [0.1, 0.15) is 9.88 Å². The first kappa shape index (κ1) is 13.6. The number of piperazine rings is 1. The van der Waals surface area contributed by atoms with Crippen molar-refractivity contribution in [3.05, 3.63) is 10.4 Å². The van der Waals surface area contributed by atoms with E-state index in [4.69, 9.17) is 17.2 Å². The van der Waals surface area contributed by atoms with E-state index in [2.05, 4.69) is 4.90 Å². The maximum atomic E-state index is 11.5. The second kappa shape index (κ2) is 5.06. The van der Waals surface area contributed by atoms with Crippen LogP contribution in [0.2, 0.25) is 0 Å². The van der Waals surface area contributed by atoms with Crippen molar-refractivity contribution in [1.29, 1.82) is 0 Å². The lowest BCUT2D eigenvalue weighted by atomic mass is 10.2. The Balaban J connectivity index is 2.41. The van der Waals surface area contributed by atoms with Crippen LogP contribution in [-0.2, 0) is 0 Å². The highest BCUT2D eigenvalue weighted by Crippen LogP contribution is 2.38. The van der Waals surface area contributed by atoms with E-state index in [0.29, 0.717) is 5.00 Å². The normalized spacial score (nSPS) is 16.6. The van der Waals surface area contributed by atoms with Crippen molar-refractivity contribution in [2.24, 2.45) is 11.5 Å². The molecule has 0 spiro atoms. The van der Waals surface area contributed by atoms with Gasteiger partial charge >= 0.3 is 0 Å². The molecule has 0 saturated carbocycles. The largest absolute Gasteiger partial charge is 0.397 e. The topological polar surface area (TPSA) is 119 Å². The van der Waals surface area contributed by atoms with Gasteiger partial charge in [-0.2, -0.15) is 0 Å². The van der Waals surface area contributed by atoms with E-state index in [1.807, 2.05) is 11.9 Å². The summed E-state index contributed by atoms with van der Waals surface area (Å²) >= 11 is 1.14. The van der Waals surface area contributed by atoms with Crippen molar-refractivity contribution in [1.82, 2.24) is 4.90 Å². The summed E-state index contributed by atoms with van der Waals surface area (Å²) < 4.78 is 0. The highest BCUT2D eigenvalue weighted by atomic mass is 32.1. The number of primary amides is 2. The standard InChI is InChI=1S/C11H17N5O2S/c1-15-2-4-16(5-3-15)11-6(9(13)17)7(12)8(19-11)10(14)18/h2-5,12H2,1H3,(H2,13,17)(H2,14,18). The number of nitrogens with two attached hydrogens (primary N) is 3. The van der Waals surface area contributed by atoms with Gasteiger partial charge in [0.25, 0.3) is 11.8 Å². The summed E-state index contributed by atoms with van der Waals surface area (Å²) in [4.78, 5) is 27.3. The average molecular weight is 283 g/mol. The van der Waals surface area contributed by atoms with E-state index in [0.717, 1.165) is 37.5 Å². The minimum Gasteiger partial charge on any atom is -0.397 e. The second-order valence-corrected chi connectivity index (χ2v) is 5.54. The molecule has 0 radical (unpaired) electrons. The summed E-state index contributed by atoms with van der Waals surface area (Å²) in [7, 11) is 2.03. The van der Waals surface area contributed by atoms with Crippen LogP contribution in [0.15, 0.2) is 0 Å². The van der Waals surface area contributed by atoms with E-state index in [1.165, 1.54) is 0 Å². The van der Waals surface area contributed by atoms with Gasteiger partial charge in [-0.05, 0) is 7.05 Å². The molecule has 0 aromatic carbocycles. The molecule has 1 fully saturated rings. The monoisotopic (exact) mass is 283 g/mol. The van der Waals surface area contributed by atoms with Crippen molar-refractivity contribution in [2.75, 3.05) is 43.9 Å². The number of nitrogens with zero attached hydrogens (tertiary/aromatic N) is 2. The number of hydrogen-bond acceptors (Lipinski definition) is 6. The quantitative estimate of drug-likeness (QED) is 0.676. The molecule has 2 amide bonds. The van der Waals surface area contributed by atoms with Crippen LogP contribution in [0.25, 0.3) is 0 Å². The third-order valence-electron chi connectivity index (χ3n) is 3.19. The molecule has 2 rings (SSSR count). The highest BCUT2D eigenvalue weighted by molar-refractivity contribution is 7.19. The minimum atomic E-state index is -0.634. The summed E-state index contributed by atoms with van der Waals surface area (Å²) in [6.07, 6.45) is 0. The van der Waals surface area contributed by atoms with Gasteiger partial charge in [-0.1, -0.05) is 0 Å². The molecule has 1 aliphatic rings. The van der Waals surface area contributed by atoms with E-state index in [9.17, 15) is 9.59 Å². The first-order valence-electron chi connectivity index (χ1n) is 5.87. The lowest BCUT2D eigenvalue weighted by Gasteiger charge is -2.33. The Labute approximate surface area is 114 Å². The Kier molecular flexibility index (Phi) is 3.63. The van der Waals surface area contributed by atoms with Crippen LogP contribution in [0.4, 0.5) is 10.7 Å². The van der Waals surface area contributed by atoms with Crippen molar-refractivity contribution >= 4 is 33.8 Å². The number of carbonyl (C=O) groups is 2. The zero-order chi connectivity index (χ0) is 14.2.